The van der Waals surface area contributed by atoms with Crippen LogP contribution < -0.4 is 15.5 Å². The van der Waals surface area contributed by atoms with E-state index in [4.69, 9.17) is 21.2 Å². The minimum absolute atomic E-state index is 0.0244. The summed E-state index contributed by atoms with van der Waals surface area (Å²) in [6, 6.07) is 5.41. The highest BCUT2D eigenvalue weighted by Crippen LogP contribution is 2.37. The lowest BCUT2D eigenvalue weighted by Gasteiger charge is -2.40. The number of alkyl carbamates (subject to hydrolysis) is 1. The van der Waals surface area contributed by atoms with Crippen LogP contribution >= 0.6 is 23.4 Å². The molecule has 0 radical (unpaired) electrons. The molecule has 2 fully saturated rings. The van der Waals surface area contributed by atoms with Gasteiger partial charge in [-0.15, -0.1) is 0 Å². The highest BCUT2D eigenvalue weighted by Gasteiger charge is 2.32. The molecule has 0 saturated carbocycles. The first kappa shape index (κ1) is 34.7. The van der Waals surface area contributed by atoms with Crippen molar-refractivity contribution in [2.75, 3.05) is 63.1 Å². The minimum Gasteiger partial charge on any atom is -0.444 e. The van der Waals surface area contributed by atoms with Gasteiger partial charge in [0.05, 0.1) is 30.2 Å². The van der Waals surface area contributed by atoms with Gasteiger partial charge in [0.2, 0.25) is 11.8 Å². The third-order valence-electron chi connectivity index (χ3n) is 7.83. The number of piperazine rings is 1. The zero-order valence-electron chi connectivity index (χ0n) is 26.7. The smallest absolute Gasteiger partial charge is 0.407 e. The number of nitrogens with zero attached hydrogens (tertiary/aromatic N) is 5. The summed E-state index contributed by atoms with van der Waals surface area (Å²) >= 11 is 8.01. The molecule has 3 heterocycles. The van der Waals surface area contributed by atoms with Crippen molar-refractivity contribution in [2.24, 2.45) is 5.41 Å². The molecule has 0 bridgehead atoms. The summed E-state index contributed by atoms with van der Waals surface area (Å²) in [7, 11) is 1.62. The number of hydroxylamine groups is 2. The maximum atomic E-state index is 12.6. The summed E-state index contributed by atoms with van der Waals surface area (Å²) in [5.41, 5.74) is -0.0652. The number of halogens is 1. The Labute approximate surface area is 274 Å². The molecular weight excluding hydrogens is 618 g/mol. The fourth-order valence-corrected chi connectivity index (χ4v) is 6.16. The zero-order chi connectivity index (χ0) is 32.6. The summed E-state index contributed by atoms with van der Waals surface area (Å²) in [5.74, 6) is 0.473. The van der Waals surface area contributed by atoms with E-state index < -0.39 is 11.7 Å². The Bertz CT molecular complexity index is 1320. The van der Waals surface area contributed by atoms with E-state index in [2.05, 4.69) is 32.4 Å². The summed E-state index contributed by atoms with van der Waals surface area (Å²) < 4.78 is 5.37. The topological polar surface area (TPSA) is 129 Å². The minimum atomic E-state index is -0.522. The molecule has 0 aliphatic carbocycles. The van der Waals surface area contributed by atoms with Crippen molar-refractivity contribution in [3.63, 3.8) is 0 Å². The number of nitrogens with one attached hydrogen (secondary N) is 2. The second-order valence-corrected chi connectivity index (χ2v) is 14.1. The highest BCUT2D eigenvalue weighted by molar-refractivity contribution is 7.99. The second-order valence-electron chi connectivity index (χ2n) is 12.6. The average molecular weight is 662 g/mol. The quantitative estimate of drug-likeness (QED) is 0.365. The number of piperidine rings is 1. The Morgan fingerprint density at radius 2 is 1.73 bits per heavy atom. The van der Waals surface area contributed by atoms with Gasteiger partial charge in [0.25, 0.3) is 0 Å². The van der Waals surface area contributed by atoms with E-state index in [0.717, 1.165) is 36.6 Å². The molecule has 2 saturated heterocycles. The monoisotopic (exact) mass is 661 g/mol. The summed E-state index contributed by atoms with van der Waals surface area (Å²) in [4.78, 5) is 56.4. The van der Waals surface area contributed by atoms with Crippen molar-refractivity contribution in [3.05, 3.63) is 35.6 Å². The maximum Gasteiger partial charge on any atom is 0.407 e. The predicted molar refractivity (Wildman–Crippen MR) is 174 cm³/mol. The van der Waals surface area contributed by atoms with Gasteiger partial charge in [-0.1, -0.05) is 36.4 Å². The average Bonchev–Trinajstić information content (AvgIpc) is 3.01. The molecular formula is C31H44ClN7O5S. The lowest BCUT2D eigenvalue weighted by atomic mass is 9.80. The first-order valence-electron chi connectivity index (χ1n) is 15.2. The van der Waals surface area contributed by atoms with E-state index in [9.17, 15) is 14.4 Å². The first-order valence-corrected chi connectivity index (χ1v) is 16.4. The van der Waals surface area contributed by atoms with Gasteiger partial charge in [0.15, 0.2) is 0 Å². The van der Waals surface area contributed by atoms with E-state index in [0.29, 0.717) is 48.5 Å². The highest BCUT2D eigenvalue weighted by atomic mass is 35.5. The number of benzene rings is 1. The Morgan fingerprint density at radius 1 is 1.02 bits per heavy atom. The SMILES string of the molecule is CON1CCN(C(=O)CCC(=O)Nc2cccc(Sc3cnc(N4CCC(C)(CNC(=O)OC(C)(C)C)CC4)cn3)c2Cl)CC1. The number of amides is 3. The van der Waals surface area contributed by atoms with Crippen molar-refractivity contribution in [1.29, 1.82) is 0 Å². The molecule has 2 N–H and O–H groups in total. The number of aromatic nitrogens is 2. The van der Waals surface area contributed by atoms with Crippen molar-refractivity contribution in [2.45, 2.75) is 68.9 Å². The van der Waals surface area contributed by atoms with E-state index in [-0.39, 0.29) is 30.1 Å². The van der Waals surface area contributed by atoms with Gasteiger partial charge < -0.3 is 30.0 Å². The normalized spacial score (nSPS) is 17.1. The fraction of sp³-hybridized carbons (Fsp3) is 0.581. The lowest BCUT2D eigenvalue weighted by Crippen LogP contribution is -2.48. The van der Waals surface area contributed by atoms with E-state index in [1.807, 2.05) is 38.0 Å². The molecule has 2 aliphatic rings. The van der Waals surface area contributed by atoms with Gasteiger partial charge in [-0.3, -0.25) is 9.59 Å². The van der Waals surface area contributed by atoms with Crippen LogP contribution in [-0.2, 0) is 19.2 Å². The predicted octanol–water partition coefficient (Wildman–Crippen LogP) is 4.84. The third-order valence-corrected chi connectivity index (χ3v) is 9.33. The van der Waals surface area contributed by atoms with E-state index >= 15 is 0 Å². The molecule has 45 heavy (non-hydrogen) atoms. The van der Waals surface area contributed by atoms with Crippen molar-refractivity contribution >= 4 is 52.8 Å². The van der Waals surface area contributed by atoms with Gasteiger partial charge in [-0.05, 0) is 51.2 Å². The number of hydrogen-bond donors (Lipinski definition) is 2. The van der Waals surface area contributed by atoms with Crippen LogP contribution in [0.15, 0.2) is 40.5 Å². The second kappa shape index (κ2) is 15.4. The van der Waals surface area contributed by atoms with Crippen LogP contribution in [0, 0.1) is 5.41 Å². The molecule has 2 aliphatic heterocycles. The van der Waals surface area contributed by atoms with Crippen LogP contribution in [0.2, 0.25) is 5.02 Å². The van der Waals surface area contributed by atoms with Crippen LogP contribution in [0.4, 0.5) is 16.3 Å². The Morgan fingerprint density at radius 3 is 2.36 bits per heavy atom. The van der Waals surface area contributed by atoms with Crippen LogP contribution in [0.5, 0.6) is 0 Å². The molecule has 1 aromatic heterocycles. The number of carbonyl (C=O) groups is 3. The first-order chi connectivity index (χ1) is 21.3. The number of rotatable bonds is 10. The molecule has 246 valence electrons. The molecule has 3 amide bonds. The largest absolute Gasteiger partial charge is 0.444 e. The molecule has 12 nitrogen and oxygen atoms in total. The molecule has 4 rings (SSSR count). The Balaban J connectivity index is 1.24. The van der Waals surface area contributed by atoms with Gasteiger partial charge in [0, 0.05) is 63.6 Å². The van der Waals surface area contributed by atoms with Gasteiger partial charge in [0.1, 0.15) is 16.4 Å². The Hall–Kier alpha value is -3.13. The molecule has 1 aromatic carbocycles. The third kappa shape index (κ3) is 10.5. The van der Waals surface area contributed by atoms with Crippen LogP contribution in [0.3, 0.4) is 0 Å². The van der Waals surface area contributed by atoms with Gasteiger partial charge in [-0.25, -0.2) is 14.8 Å². The summed E-state index contributed by atoms with van der Waals surface area (Å²) in [5, 5.41) is 8.64. The number of ether oxygens (including phenoxy) is 1. The molecule has 0 spiro atoms. The van der Waals surface area contributed by atoms with E-state index in [1.165, 1.54) is 11.8 Å². The van der Waals surface area contributed by atoms with Crippen molar-refractivity contribution in [3.8, 4) is 0 Å². The fourth-order valence-electron chi connectivity index (χ4n) is 5.09. The standard InChI is InChI=1S/C31H44ClN7O5S/c1-30(2,3)44-29(42)35-21-31(4)11-13-37(14-12-31)24-19-34-26(20-33-24)45-23-8-6-7-22(28(23)32)36-25(40)9-10-27(41)38-15-17-39(43-5)18-16-38/h6-8,19-20H,9-18,21H2,1-5H3,(H,35,42)(H,36,40). The summed E-state index contributed by atoms with van der Waals surface area (Å²) in [6.45, 7) is 12.4. The Kier molecular flexibility index (Phi) is 11.9. The van der Waals surface area contributed by atoms with Crippen molar-refractivity contribution in [1.82, 2.24) is 25.2 Å². The molecule has 2 aromatic rings. The van der Waals surface area contributed by atoms with E-state index in [1.54, 1.807) is 30.5 Å². The van der Waals surface area contributed by atoms with Crippen LogP contribution in [-0.4, -0.2) is 96.4 Å². The van der Waals surface area contributed by atoms with Crippen molar-refractivity contribution < 1.29 is 24.0 Å². The number of anilines is 2. The molecule has 0 unspecified atom stereocenters. The number of hydrogen-bond acceptors (Lipinski definition) is 10. The van der Waals surface area contributed by atoms with Gasteiger partial charge in [-0.2, -0.15) is 5.06 Å². The van der Waals surface area contributed by atoms with Crippen LogP contribution in [0.1, 0.15) is 53.4 Å². The molecule has 14 heteroatoms. The molecule has 0 atom stereocenters. The lowest BCUT2D eigenvalue weighted by molar-refractivity contribution is -0.161. The zero-order valence-corrected chi connectivity index (χ0v) is 28.3. The maximum absolute atomic E-state index is 12.6. The summed E-state index contributed by atoms with van der Waals surface area (Å²) in [6.07, 6.45) is 5.08. The number of carbonyl (C=O) groups excluding carboxylic acids is 3. The van der Waals surface area contributed by atoms with Gasteiger partial charge >= 0.3 is 6.09 Å². The van der Waals surface area contributed by atoms with Crippen LogP contribution in [0.25, 0.3) is 0 Å².